The summed E-state index contributed by atoms with van der Waals surface area (Å²) >= 11 is 0. The van der Waals surface area contributed by atoms with Gasteiger partial charge in [0.25, 0.3) is 5.91 Å². The van der Waals surface area contributed by atoms with Gasteiger partial charge in [-0.2, -0.15) is 5.26 Å². The van der Waals surface area contributed by atoms with Gasteiger partial charge in [-0.1, -0.05) is 0 Å². The van der Waals surface area contributed by atoms with E-state index in [-0.39, 0.29) is 18.9 Å². The molecule has 0 spiro atoms. The number of aliphatic carboxylic acids is 1. The van der Waals surface area contributed by atoms with Gasteiger partial charge in [-0.3, -0.25) is 9.59 Å². The van der Waals surface area contributed by atoms with Crippen LogP contribution < -0.4 is 10.1 Å². The lowest BCUT2D eigenvalue weighted by Gasteiger charge is -2.25. The molecule has 0 atom stereocenters. The number of carbonyl (C=O) groups excluding carboxylic acids is 1. The minimum atomic E-state index is -0.897. The Morgan fingerprint density at radius 1 is 1.33 bits per heavy atom. The summed E-state index contributed by atoms with van der Waals surface area (Å²) in [6.45, 7) is 3.35. The van der Waals surface area contributed by atoms with Gasteiger partial charge in [-0.25, -0.2) is 0 Å². The van der Waals surface area contributed by atoms with Crippen LogP contribution in [0, 0.1) is 11.3 Å². The molecule has 21 heavy (non-hydrogen) atoms. The maximum absolute atomic E-state index is 11.8. The van der Waals surface area contributed by atoms with Crippen molar-refractivity contribution in [1.82, 2.24) is 5.32 Å². The minimum absolute atomic E-state index is 0.0102. The predicted octanol–water partition coefficient (Wildman–Crippen LogP) is 1.70. The van der Waals surface area contributed by atoms with Gasteiger partial charge < -0.3 is 15.2 Å². The Labute approximate surface area is 123 Å². The van der Waals surface area contributed by atoms with Crippen molar-refractivity contribution in [1.29, 1.82) is 5.26 Å². The number of nitriles is 1. The van der Waals surface area contributed by atoms with Crippen LogP contribution in [0.4, 0.5) is 0 Å². The number of hydrogen-bond donors (Lipinski definition) is 2. The van der Waals surface area contributed by atoms with Crippen LogP contribution in [0.1, 0.15) is 32.3 Å². The van der Waals surface area contributed by atoms with Crippen molar-refractivity contribution in [3.63, 3.8) is 0 Å². The standard InChI is InChI=1S/C15H18N2O4/c1-15(2,8-7-14(19)20)17-13(18)10-21-12-5-3-11(9-16)4-6-12/h3-6H,7-8,10H2,1-2H3,(H,17,18)(H,19,20). The monoisotopic (exact) mass is 290 g/mol. The molecule has 0 saturated heterocycles. The van der Waals surface area contributed by atoms with Gasteiger partial charge in [0.15, 0.2) is 6.61 Å². The second-order valence-corrected chi connectivity index (χ2v) is 5.25. The molecule has 0 aliphatic rings. The zero-order valence-electron chi connectivity index (χ0n) is 12.0. The summed E-state index contributed by atoms with van der Waals surface area (Å²) in [7, 11) is 0. The quantitative estimate of drug-likeness (QED) is 0.796. The van der Waals surface area contributed by atoms with Crippen LogP contribution in [-0.4, -0.2) is 29.1 Å². The molecule has 0 aliphatic heterocycles. The number of carboxylic acid groups (broad SMARTS) is 1. The molecular formula is C15H18N2O4. The molecule has 6 nitrogen and oxygen atoms in total. The van der Waals surface area contributed by atoms with Crippen LogP contribution in [0.5, 0.6) is 5.75 Å². The van der Waals surface area contributed by atoms with Gasteiger partial charge in [-0.05, 0) is 44.5 Å². The normalized spacial score (nSPS) is 10.5. The molecule has 0 bridgehead atoms. The maximum Gasteiger partial charge on any atom is 0.303 e. The van der Waals surface area contributed by atoms with Crippen molar-refractivity contribution in [2.75, 3.05) is 6.61 Å². The van der Waals surface area contributed by atoms with E-state index in [0.717, 1.165) is 0 Å². The molecule has 0 heterocycles. The number of hydrogen-bond acceptors (Lipinski definition) is 4. The molecule has 112 valence electrons. The lowest BCUT2D eigenvalue weighted by molar-refractivity contribution is -0.138. The van der Waals surface area contributed by atoms with E-state index >= 15 is 0 Å². The number of carbonyl (C=O) groups is 2. The summed E-state index contributed by atoms with van der Waals surface area (Å²) in [5, 5.41) is 20.0. The van der Waals surface area contributed by atoms with Crippen LogP contribution in [0.15, 0.2) is 24.3 Å². The van der Waals surface area contributed by atoms with Crippen LogP contribution in [0.25, 0.3) is 0 Å². The highest BCUT2D eigenvalue weighted by molar-refractivity contribution is 5.78. The molecule has 1 rings (SSSR count). The molecular weight excluding hydrogens is 272 g/mol. The predicted molar refractivity (Wildman–Crippen MR) is 75.7 cm³/mol. The molecule has 1 aromatic carbocycles. The zero-order valence-corrected chi connectivity index (χ0v) is 12.0. The molecule has 0 aromatic heterocycles. The lowest BCUT2D eigenvalue weighted by Crippen LogP contribution is -2.45. The first kappa shape index (κ1) is 16.5. The number of nitrogens with one attached hydrogen (secondary N) is 1. The van der Waals surface area contributed by atoms with E-state index in [0.29, 0.717) is 17.7 Å². The fraction of sp³-hybridized carbons (Fsp3) is 0.400. The van der Waals surface area contributed by atoms with Gasteiger partial charge in [-0.15, -0.1) is 0 Å². The summed E-state index contributed by atoms with van der Waals surface area (Å²) in [5.74, 6) is -0.728. The summed E-state index contributed by atoms with van der Waals surface area (Å²) < 4.78 is 5.30. The molecule has 2 N–H and O–H groups in total. The fourth-order valence-corrected chi connectivity index (χ4v) is 1.67. The van der Waals surface area contributed by atoms with Gasteiger partial charge >= 0.3 is 5.97 Å². The number of amides is 1. The van der Waals surface area contributed by atoms with E-state index in [4.69, 9.17) is 15.1 Å². The Morgan fingerprint density at radius 3 is 2.48 bits per heavy atom. The highest BCUT2D eigenvalue weighted by atomic mass is 16.5. The van der Waals surface area contributed by atoms with Gasteiger partial charge in [0.05, 0.1) is 11.6 Å². The first-order valence-corrected chi connectivity index (χ1v) is 6.48. The Kier molecular flexibility index (Phi) is 5.73. The first-order valence-electron chi connectivity index (χ1n) is 6.48. The van der Waals surface area contributed by atoms with E-state index in [1.165, 1.54) is 0 Å². The second kappa shape index (κ2) is 7.29. The summed E-state index contributed by atoms with van der Waals surface area (Å²) in [5.41, 5.74) is -0.0923. The molecule has 0 aliphatic carbocycles. The third kappa shape index (κ3) is 6.43. The van der Waals surface area contributed by atoms with Crippen molar-refractivity contribution < 1.29 is 19.4 Å². The molecule has 0 unspecified atom stereocenters. The van der Waals surface area contributed by atoms with Crippen molar-refractivity contribution in [3.05, 3.63) is 29.8 Å². The molecule has 0 radical (unpaired) electrons. The first-order chi connectivity index (χ1) is 9.82. The number of ether oxygens (including phenoxy) is 1. The summed E-state index contributed by atoms with van der Waals surface area (Å²) in [6.07, 6.45) is 0.328. The van der Waals surface area contributed by atoms with E-state index in [1.807, 2.05) is 6.07 Å². The van der Waals surface area contributed by atoms with E-state index in [9.17, 15) is 9.59 Å². The van der Waals surface area contributed by atoms with Crippen molar-refractivity contribution in [3.8, 4) is 11.8 Å². The third-order valence-electron chi connectivity index (χ3n) is 2.80. The number of rotatable bonds is 7. The third-order valence-corrected chi connectivity index (χ3v) is 2.80. The Hall–Kier alpha value is -2.55. The number of benzene rings is 1. The fourth-order valence-electron chi connectivity index (χ4n) is 1.67. The number of nitrogens with zero attached hydrogens (tertiary/aromatic N) is 1. The number of carboxylic acids is 1. The molecule has 6 heteroatoms. The Morgan fingerprint density at radius 2 is 1.95 bits per heavy atom. The largest absolute Gasteiger partial charge is 0.484 e. The minimum Gasteiger partial charge on any atom is -0.484 e. The molecule has 1 aromatic rings. The van der Waals surface area contributed by atoms with Gasteiger partial charge in [0.2, 0.25) is 0 Å². The molecule has 0 saturated carbocycles. The van der Waals surface area contributed by atoms with Crippen molar-refractivity contribution >= 4 is 11.9 Å². The van der Waals surface area contributed by atoms with Crippen molar-refractivity contribution in [2.24, 2.45) is 0 Å². The van der Waals surface area contributed by atoms with Crippen LogP contribution in [0.3, 0.4) is 0 Å². The average molecular weight is 290 g/mol. The Balaban J connectivity index is 2.42. The zero-order chi connectivity index (χ0) is 15.9. The van der Waals surface area contributed by atoms with E-state index in [1.54, 1.807) is 38.1 Å². The van der Waals surface area contributed by atoms with E-state index in [2.05, 4.69) is 5.32 Å². The van der Waals surface area contributed by atoms with Gasteiger partial charge in [0, 0.05) is 12.0 Å². The van der Waals surface area contributed by atoms with Gasteiger partial charge in [0.1, 0.15) is 5.75 Å². The molecule has 0 fully saturated rings. The Bertz CT molecular complexity index is 544. The van der Waals surface area contributed by atoms with Crippen LogP contribution >= 0.6 is 0 Å². The summed E-state index contributed by atoms with van der Waals surface area (Å²) in [4.78, 5) is 22.3. The van der Waals surface area contributed by atoms with E-state index < -0.39 is 11.5 Å². The highest BCUT2D eigenvalue weighted by Gasteiger charge is 2.21. The highest BCUT2D eigenvalue weighted by Crippen LogP contribution is 2.13. The SMILES string of the molecule is CC(C)(CCC(=O)O)NC(=O)COc1ccc(C#N)cc1. The lowest BCUT2D eigenvalue weighted by atomic mass is 9.98. The molecule has 1 amide bonds. The maximum atomic E-state index is 11.8. The second-order valence-electron chi connectivity index (χ2n) is 5.25. The average Bonchev–Trinajstić information content (AvgIpc) is 2.43. The van der Waals surface area contributed by atoms with Crippen LogP contribution in [-0.2, 0) is 9.59 Å². The smallest absolute Gasteiger partial charge is 0.303 e. The topological polar surface area (TPSA) is 99.4 Å². The summed E-state index contributed by atoms with van der Waals surface area (Å²) in [6, 6.07) is 8.42. The van der Waals surface area contributed by atoms with Crippen LogP contribution in [0.2, 0.25) is 0 Å². The van der Waals surface area contributed by atoms with Crippen molar-refractivity contribution in [2.45, 2.75) is 32.2 Å².